The van der Waals surface area contributed by atoms with E-state index < -0.39 is 10.8 Å². The minimum absolute atomic E-state index is 0.225. The monoisotopic (exact) mass is 199 g/mol. The molecule has 0 aliphatic carbocycles. The Labute approximate surface area is 79.8 Å². The van der Waals surface area contributed by atoms with Crippen LogP contribution in [0.1, 0.15) is 11.6 Å². The molecule has 2 rings (SSSR count). The standard InChI is InChI=1S/C8H13N3OS/c1-11-5-7(4-10-11)8-6-13(12)3-2-9-8/h4-5,8-9H,2-3,6H2,1H3. The molecule has 1 fully saturated rings. The van der Waals surface area contributed by atoms with Crippen molar-refractivity contribution in [2.45, 2.75) is 6.04 Å². The minimum Gasteiger partial charge on any atom is -0.308 e. The number of hydrogen-bond acceptors (Lipinski definition) is 3. The van der Waals surface area contributed by atoms with Crippen molar-refractivity contribution in [2.24, 2.45) is 7.05 Å². The highest BCUT2D eigenvalue weighted by Crippen LogP contribution is 2.15. The molecule has 0 radical (unpaired) electrons. The van der Waals surface area contributed by atoms with E-state index in [2.05, 4.69) is 10.4 Å². The van der Waals surface area contributed by atoms with Gasteiger partial charge in [-0.2, -0.15) is 5.10 Å². The second-order valence-corrected chi connectivity index (χ2v) is 4.89. The summed E-state index contributed by atoms with van der Waals surface area (Å²) in [5.41, 5.74) is 1.13. The summed E-state index contributed by atoms with van der Waals surface area (Å²) in [6.45, 7) is 0.839. The molecule has 1 saturated heterocycles. The van der Waals surface area contributed by atoms with Gasteiger partial charge in [-0.3, -0.25) is 8.89 Å². The predicted molar refractivity (Wildman–Crippen MR) is 51.8 cm³/mol. The molecular formula is C8H13N3OS. The Morgan fingerprint density at radius 1 is 1.77 bits per heavy atom. The Balaban J connectivity index is 2.12. The Morgan fingerprint density at radius 3 is 3.23 bits per heavy atom. The van der Waals surface area contributed by atoms with Crippen molar-refractivity contribution in [1.82, 2.24) is 15.1 Å². The molecule has 0 saturated carbocycles. The van der Waals surface area contributed by atoms with Crippen molar-refractivity contribution in [3.63, 3.8) is 0 Å². The van der Waals surface area contributed by atoms with Gasteiger partial charge in [-0.1, -0.05) is 0 Å². The van der Waals surface area contributed by atoms with Crippen LogP contribution in [0.2, 0.25) is 0 Å². The van der Waals surface area contributed by atoms with Crippen LogP contribution >= 0.6 is 0 Å². The van der Waals surface area contributed by atoms with Crippen molar-refractivity contribution in [3.05, 3.63) is 18.0 Å². The highest BCUT2D eigenvalue weighted by Gasteiger charge is 2.20. The maximum atomic E-state index is 11.3. The van der Waals surface area contributed by atoms with Gasteiger partial charge in [0, 0.05) is 53.7 Å². The van der Waals surface area contributed by atoms with Crippen LogP contribution in [0.3, 0.4) is 0 Å². The zero-order valence-corrected chi connectivity index (χ0v) is 8.38. The first-order valence-electron chi connectivity index (χ1n) is 4.32. The van der Waals surface area contributed by atoms with Crippen LogP contribution in [0.15, 0.2) is 12.4 Å². The van der Waals surface area contributed by atoms with Crippen LogP contribution in [0.5, 0.6) is 0 Å². The van der Waals surface area contributed by atoms with Gasteiger partial charge in [0.1, 0.15) is 0 Å². The summed E-state index contributed by atoms with van der Waals surface area (Å²) >= 11 is 0. The topological polar surface area (TPSA) is 46.9 Å². The lowest BCUT2D eigenvalue weighted by molar-refractivity contribution is 0.571. The van der Waals surface area contributed by atoms with Crippen LogP contribution in [0.25, 0.3) is 0 Å². The lowest BCUT2D eigenvalue weighted by Gasteiger charge is -2.21. The van der Waals surface area contributed by atoms with Gasteiger partial charge in [-0.05, 0) is 0 Å². The zero-order chi connectivity index (χ0) is 9.26. The number of aromatic nitrogens is 2. The SMILES string of the molecule is Cn1cc(C2CS(=O)CCN2)cn1. The molecule has 1 aliphatic heterocycles. The van der Waals surface area contributed by atoms with Gasteiger partial charge >= 0.3 is 0 Å². The molecule has 0 bridgehead atoms. The molecule has 1 aromatic rings. The van der Waals surface area contributed by atoms with Crippen molar-refractivity contribution < 1.29 is 4.21 Å². The van der Waals surface area contributed by atoms with Crippen LogP contribution in [0, 0.1) is 0 Å². The maximum Gasteiger partial charge on any atom is 0.0537 e. The van der Waals surface area contributed by atoms with Crippen LogP contribution in [-0.2, 0) is 17.8 Å². The molecule has 72 valence electrons. The molecule has 5 heteroatoms. The average molecular weight is 199 g/mol. The summed E-state index contributed by atoms with van der Waals surface area (Å²) in [5, 5.41) is 7.43. The summed E-state index contributed by atoms with van der Waals surface area (Å²) in [4.78, 5) is 0. The van der Waals surface area contributed by atoms with E-state index in [0.29, 0.717) is 5.75 Å². The van der Waals surface area contributed by atoms with Crippen LogP contribution < -0.4 is 5.32 Å². The van der Waals surface area contributed by atoms with E-state index >= 15 is 0 Å². The van der Waals surface area contributed by atoms with E-state index in [9.17, 15) is 4.21 Å². The van der Waals surface area contributed by atoms with Crippen molar-refractivity contribution in [2.75, 3.05) is 18.1 Å². The lowest BCUT2D eigenvalue weighted by atomic mass is 10.2. The Morgan fingerprint density at radius 2 is 2.62 bits per heavy atom. The number of rotatable bonds is 1. The first kappa shape index (κ1) is 8.90. The first-order chi connectivity index (χ1) is 6.25. The number of aryl methyl sites for hydroxylation is 1. The highest BCUT2D eigenvalue weighted by molar-refractivity contribution is 7.85. The quantitative estimate of drug-likeness (QED) is 0.682. The molecule has 13 heavy (non-hydrogen) atoms. The molecule has 1 aliphatic rings. The van der Waals surface area contributed by atoms with Crippen LogP contribution in [-0.4, -0.2) is 32.0 Å². The largest absolute Gasteiger partial charge is 0.308 e. The molecule has 2 heterocycles. The molecule has 0 spiro atoms. The molecule has 2 atom stereocenters. The van der Waals surface area contributed by atoms with E-state index in [0.717, 1.165) is 17.9 Å². The second kappa shape index (κ2) is 3.59. The van der Waals surface area contributed by atoms with E-state index in [4.69, 9.17) is 0 Å². The summed E-state index contributed by atoms with van der Waals surface area (Å²) in [7, 11) is 1.23. The predicted octanol–water partition coefficient (Wildman–Crippen LogP) is -0.187. The van der Waals surface area contributed by atoms with Crippen molar-refractivity contribution in [1.29, 1.82) is 0 Å². The van der Waals surface area contributed by atoms with Gasteiger partial charge in [0.15, 0.2) is 0 Å². The highest BCUT2D eigenvalue weighted by atomic mass is 32.2. The Bertz CT molecular complexity index is 323. The second-order valence-electron chi connectivity index (χ2n) is 3.26. The average Bonchev–Trinajstić information content (AvgIpc) is 2.52. The van der Waals surface area contributed by atoms with E-state index in [-0.39, 0.29) is 6.04 Å². The fourth-order valence-corrected chi connectivity index (χ4v) is 2.70. The van der Waals surface area contributed by atoms with Gasteiger partial charge < -0.3 is 5.32 Å². The lowest BCUT2D eigenvalue weighted by Crippen LogP contribution is -2.36. The summed E-state index contributed by atoms with van der Waals surface area (Å²) < 4.78 is 13.1. The summed E-state index contributed by atoms with van der Waals surface area (Å²) in [5.74, 6) is 1.49. The number of hydrogen-bond donors (Lipinski definition) is 1. The van der Waals surface area contributed by atoms with Crippen molar-refractivity contribution >= 4 is 10.8 Å². The molecule has 0 aromatic carbocycles. The van der Waals surface area contributed by atoms with Gasteiger partial charge in [0.2, 0.25) is 0 Å². The van der Waals surface area contributed by atoms with Gasteiger partial charge in [0.05, 0.1) is 6.20 Å². The van der Waals surface area contributed by atoms with Gasteiger partial charge in [0.25, 0.3) is 0 Å². The normalized spacial score (nSPS) is 29.0. The van der Waals surface area contributed by atoms with Crippen LogP contribution in [0.4, 0.5) is 0 Å². The third kappa shape index (κ3) is 1.97. The molecular weight excluding hydrogens is 186 g/mol. The molecule has 2 unspecified atom stereocenters. The van der Waals surface area contributed by atoms with Gasteiger partial charge in [-0.25, -0.2) is 0 Å². The summed E-state index contributed by atoms with van der Waals surface area (Å²) in [6.07, 6.45) is 3.81. The molecule has 1 N–H and O–H groups in total. The number of nitrogens with zero attached hydrogens (tertiary/aromatic N) is 2. The zero-order valence-electron chi connectivity index (χ0n) is 7.56. The third-order valence-electron chi connectivity index (χ3n) is 2.20. The van der Waals surface area contributed by atoms with Crippen molar-refractivity contribution in [3.8, 4) is 0 Å². The minimum atomic E-state index is -0.661. The Hall–Kier alpha value is -0.680. The molecule has 0 amide bonds. The molecule has 4 nitrogen and oxygen atoms in total. The number of nitrogens with one attached hydrogen (secondary N) is 1. The fourth-order valence-electron chi connectivity index (χ4n) is 1.51. The van der Waals surface area contributed by atoms with Gasteiger partial charge in [-0.15, -0.1) is 0 Å². The van der Waals surface area contributed by atoms with E-state index in [1.165, 1.54) is 0 Å². The van der Waals surface area contributed by atoms with E-state index in [1.54, 1.807) is 4.68 Å². The molecule has 1 aromatic heterocycles. The third-order valence-corrected chi connectivity index (χ3v) is 3.56. The first-order valence-corrected chi connectivity index (χ1v) is 5.81. The fraction of sp³-hybridized carbons (Fsp3) is 0.625. The maximum absolute atomic E-state index is 11.3. The smallest absolute Gasteiger partial charge is 0.0537 e. The Kier molecular flexibility index (Phi) is 2.46. The summed E-state index contributed by atoms with van der Waals surface area (Å²) in [6, 6.07) is 0.225. The van der Waals surface area contributed by atoms with E-state index in [1.807, 2.05) is 19.4 Å².